The number of aliphatic hydroxyl groups excluding tert-OH is 2. The number of amides is 1. The second-order valence-electron chi connectivity index (χ2n) is 4.22. The fourth-order valence-electron chi connectivity index (χ4n) is 1.62. The highest BCUT2D eigenvalue weighted by Crippen LogP contribution is 2.17. The van der Waals surface area contributed by atoms with E-state index in [0.717, 1.165) is 12.1 Å². The predicted molar refractivity (Wildman–Crippen MR) is 68.9 cm³/mol. The summed E-state index contributed by atoms with van der Waals surface area (Å²) in [6, 6.07) is 7.32. The van der Waals surface area contributed by atoms with Gasteiger partial charge in [0.15, 0.2) is 0 Å². The van der Waals surface area contributed by atoms with E-state index in [1.165, 1.54) is 6.92 Å². The molecule has 5 nitrogen and oxygen atoms in total. The third-order valence-corrected chi connectivity index (χ3v) is 2.63. The van der Waals surface area contributed by atoms with Crippen LogP contribution in [0.5, 0.6) is 0 Å². The predicted octanol–water partition coefficient (Wildman–Crippen LogP) is -0.0636. The summed E-state index contributed by atoms with van der Waals surface area (Å²) in [7, 11) is 1.86. The summed E-state index contributed by atoms with van der Waals surface area (Å²) in [5.41, 5.74) is 1.73. The molecule has 1 amide bonds. The smallest absolute Gasteiger partial charge is 0.216 e. The van der Waals surface area contributed by atoms with Gasteiger partial charge in [-0.1, -0.05) is 24.3 Å². The van der Waals surface area contributed by atoms with Crippen LogP contribution in [0.3, 0.4) is 0 Å². The van der Waals surface area contributed by atoms with Crippen LogP contribution in [0.4, 0.5) is 0 Å². The van der Waals surface area contributed by atoms with Crippen molar-refractivity contribution in [2.75, 3.05) is 13.6 Å². The average molecular weight is 252 g/mol. The van der Waals surface area contributed by atoms with Gasteiger partial charge < -0.3 is 20.8 Å². The minimum Gasteiger partial charge on any atom is -0.388 e. The Morgan fingerprint density at radius 3 is 2.39 bits per heavy atom. The topological polar surface area (TPSA) is 81.6 Å². The molecule has 0 aliphatic heterocycles. The molecular formula is C13H20N2O3. The Morgan fingerprint density at radius 1 is 1.28 bits per heavy atom. The highest BCUT2D eigenvalue weighted by Gasteiger charge is 2.18. The molecule has 4 N–H and O–H groups in total. The Hall–Kier alpha value is -1.43. The van der Waals surface area contributed by atoms with Crippen LogP contribution >= 0.6 is 0 Å². The summed E-state index contributed by atoms with van der Waals surface area (Å²) in [5, 5.41) is 25.1. The van der Waals surface area contributed by atoms with Gasteiger partial charge >= 0.3 is 0 Å². The summed E-state index contributed by atoms with van der Waals surface area (Å²) in [6.45, 7) is 2.16. The van der Waals surface area contributed by atoms with Crippen LogP contribution in [-0.4, -0.2) is 35.8 Å². The maximum atomic E-state index is 10.7. The fraction of sp³-hybridized carbons (Fsp3) is 0.462. The van der Waals surface area contributed by atoms with Crippen LogP contribution in [0.2, 0.25) is 0 Å². The van der Waals surface area contributed by atoms with E-state index in [1.807, 2.05) is 19.2 Å². The molecule has 0 bridgehead atoms. The van der Waals surface area contributed by atoms with Crippen molar-refractivity contribution in [1.29, 1.82) is 0 Å². The first kappa shape index (κ1) is 14.6. The van der Waals surface area contributed by atoms with E-state index in [-0.39, 0.29) is 12.5 Å². The Kier molecular flexibility index (Phi) is 5.77. The maximum absolute atomic E-state index is 10.7. The average Bonchev–Trinajstić information content (AvgIpc) is 2.36. The standard InChI is InChI=1S/C13H20N2O3/c1-9(16)15-8-12(17)13(18)11-5-3-10(4-6-11)7-14-2/h3-6,12-14,17-18H,7-8H2,1-2H3,(H,15,16). The molecular weight excluding hydrogens is 232 g/mol. The van der Waals surface area contributed by atoms with Crippen molar-refractivity contribution >= 4 is 5.91 Å². The van der Waals surface area contributed by atoms with E-state index >= 15 is 0 Å². The third-order valence-electron chi connectivity index (χ3n) is 2.63. The monoisotopic (exact) mass is 252 g/mol. The SMILES string of the molecule is CNCc1ccc(C(O)C(O)CNC(C)=O)cc1. The summed E-state index contributed by atoms with van der Waals surface area (Å²) in [5.74, 6) is -0.231. The van der Waals surface area contributed by atoms with Crippen molar-refractivity contribution in [2.24, 2.45) is 0 Å². The molecule has 0 heterocycles. The lowest BCUT2D eigenvalue weighted by Crippen LogP contribution is -2.34. The minimum atomic E-state index is -1.01. The van der Waals surface area contributed by atoms with E-state index in [1.54, 1.807) is 12.1 Å². The molecule has 0 fully saturated rings. The number of hydrogen-bond donors (Lipinski definition) is 4. The highest BCUT2D eigenvalue weighted by molar-refractivity contribution is 5.72. The van der Waals surface area contributed by atoms with Gasteiger partial charge in [-0.25, -0.2) is 0 Å². The summed E-state index contributed by atoms with van der Waals surface area (Å²) in [6.07, 6.45) is -2.01. The van der Waals surface area contributed by atoms with Gasteiger partial charge in [-0.2, -0.15) is 0 Å². The number of benzene rings is 1. The van der Waals surface area contributed by atoms with Crippen LogP contribution in [0.15, 0.2) is 24.3 Å². The van der Waals surface area contributed by atoms with E-state index in [4.69, 9.17) is 0 Å². The number of carbonyl (C=O) groups excluding carboxylic acids is 1. The van der Waals surface area contributed by atoms with Gasteiger partial charge in [-0.3, -0.25) is 4.79 Å². The van der Waals surface area contributed by atoms with Crippen molar-refractivity contribution in [3.05, 3.63) is 35.4 Å². The molecule has 1 rings (SSSR count). The largest absolute Gasteiger partial charge is 0.388 e. The molecule has 0 spiro atoms. The number of rotatable bonds is 6. The molecule has 18 heavy (non-hydrogen) atoms. The molecule has 5 heteroatoms. The van der Waals surface area contributed by atoms with Crippen LogP contribution in [0.1, 0.15) is 24.2 Å². The molecule has 1 aromatic carbocycles. The normalized spacial score (nSPS) is 14.0. The zero-order valence-corrected chi connectivity index (χ0v) is 10.7. The first-order valence-electron chi connectivity index (χ1n) is 5.88. The van der Waals surface area contributed by atoms with Crippen molar-refractivity contribution in [3.63, 3.8) is 0 Å². The number of hydrogen-bond acceptors (Lipinski definition) is 4. The van der Waals surface area contributed by atoms with Crippen LogP contribution in [-0.2, 0) is 11.3 Å². The Balaban J connectivity index is 2.59. The van der Waals surface area contributed by atoms with Crippen molar-refractivity contribution < 1.29 is 15.0 Å². The number of aliphatic hydroxyl groups is 2. The molecule has 2 unspecified atom stereocenters. The molecule has 2 atom stereocenters. The highest BCUT2D eigenvalue weighted by atomic mass is 16.3. The zero-order chi connectivity index (χ0) is 13.5. The van der Waals surface area contributed by atoms with Crippen molar-refractivity contribution in [3.8, 4) is 0 Å². The molecule has 0 aliphatic rings. The van der Waals surface area contributed by atoms with Gasteiger partial charge in [0.2, 0.25) is 5.91 Å². The quantitative estimate of drug-likeness (QED) is 0.571. The second-order valence-corrected chi connectivity index (χ2v) is 4.22. The van der Waals surface area contributed by atoms with Gasteiger partial charge in [-0.05, 0) is 18.2 Å². The lowest BCUT2D eigenvalue weighted by molar-refractivity contribution is -0.119. The van der Waals surface area contributed by atoms with Gasteiger partial charge in [-0.15, -0.1) is 0 Å². The van der Waals surface area contributed by atoms with E-state index < -0.39 is 12.2 Å². The van der Waals surface area contributed by atoms with E-state index in [0.29, 0.717) is 5.56 Å². The number of carbonyl (C=O) groups is 1. The first-order chi connectivity index (χ1) is 8.54. The molecule has 0 saturated heterocycles. The van der Waals surface area contributed by atoms with E-state index in [2.05, 4.69) is 10.6 Å². The van der Waals surface area contributed by atoms with E-state index in [9.17, 15) is 15.0 Å². The summed E-state index contributed by atoms with van der Waals surface area (Å²) in [4.78, 5) is 10.7. The fourth-order valence-corrected chi connectivity index (χ4v) is 1.62. The summed E-state index contributed by atoms with van der Waals surface area (Å²) < 4.78 is 0. The Labute approximate surface area is 107 Å². The van der Waals surface area contributed by atoms with Crippen LogP contribution in [0.25, 0.3) is 0 Å². The third kappa shape index (κ3) is 4.44. The van der Waals surface area contributed by atoms with Crippen LogP contribution in [0, 0.1) is 0 Å². The second kappa shape index (κ2) is 7.10. The first-order valence-corrected chi connectivity index (χ1v) is 5.88. The number of nitrogens with one attached hydrogen (secondary N) is 2. The van der Waals surface area contributed by atoms with Crippen molar-refractivity contribution in [1.82, 2.24) is 10.6 Å². The Morgan fingerprint density at radius 2 is 1.89 bits per heavy atom. The molecule has 0 radical (unpaired) electrons. The zero-order valence-electron chi connectivity index (χ0n) is 10.7. The van der Waals surface area contributed by atoms with Gasteiger partial charge in [0, 0.05) is 20.0 Å². The van der Waals surface area contributed by atoms with Gasteiger partial charge in [0.1, 0.15) is 12.2 Å². The molecule has 1 aromatic rings. The van der Waals surface area contributed by atoms with Crippen molar-refractivity contribution in [2.45, 2.75) is 25.7 Å². The molecule has 100 valence electrons. The molecule has 0 aliphatic carbocycles. The molecule has 0 saturated carbocycles. The van der Waals surface area contributed by atoms with Gasteiger partial charge in [0.25, 0.3) is 0 Å². The Bertz CT molecular complexity index is 378. The summed E-state index contributed by atoms with van der Waals surface area (Å²) >= 11 is 0. The minimum absolute atomic E-state index is 0.0365. The van der Waals surface area contributed by atoms with Crippen LogP contribution < -0.4 is 10.6 Å². The lowest BCUT2D eigenvalue weighted by atomic mass is 10.0. The maximum Gasteiger partial charge on any atom is 0.216 e. The molecule has 0 aromatic heterocycles. The lowest BCUT2D eigenvalue weighted by Gasteiger charge is -2.18. The van der Waals surface area contributed by atoms with Gasteiger partial charge in [0.05, 0.1) is 0 Å².